The van der Waals surface area contributed by atoms with E-state index >= 15 is 0 Å². The SMILES string of the molecule is CCn1nc(C)c(Cl)c1CC(=O)c1cnccn1. The highest BCUT2D eigenvalue weighted by atomic mass is 35.5. The summed E-state index contributed by atoms with van der Waals surface area (Å²) in [7, 11) is 0. The van der Waals surface area contributed by atoms with Gasteiger partial charge in [0.25, 0.3) is 0 Å². The summed E-state index contributed by atoms with van der Waals surface area (Å²) in [4.78, 5) is 19.9. The quantitative estimate of drug-likeness (QED) is 0.794. The number of hydrogen-bond donors (Lipinski definition) is 0. The zero-order valence-corrected chi connectivity index (χ0v) is 11.0. The van der Waals surface area contributed by atoms with Gasteiger partial charge in [0.05, 0.1) is 29.0 Å². The molecular formula is C12H13ClN4O. The molecule has 0 amide bonds. The van der Waals surface area contributed by atoms with Crippen molar-refractivity contribution < 1.29 is 4.79 Å². The Bertz CT molecular complexity index is 565. The monoisotopic (exact) mass is 264 g/mol. The number of carbonyl (C=O) groups excluding carboxylic acids is 1. The van der Waals surface area contributed by atoms with E-state index in [4.69, 9.17) is 11.6 Å². The lowest BCUT2D eigenvalue weighted by Gasteiger charge is -2.04. The Hall–Kier alpha value is -1.75. The second-order valence-electron chi connectivity index (χ2n) is 3.85. The van der Waals surface area contributed by atoms with E-state index in [9.17, 15) is 4.79 Å². The fourth-order valence-corrected chi connectivity index (χ4v) is 1.93. The zero-order chi connectivity index (χ0) is 13.1. The molecule has 0 aliphatic heterocycles. The molecule has 0 aliphatic rings. The molecule has 0 saturated carbocycles. The maximum atomic E-state index is 12.0. The fraction of sp³-hybridized carbons (Fsp3) is 0.333. The van der Waals surface area contributed by atoms with Crippen LogP contribution in [0.2, 0.25) is 5.02 Å². The summed E-state index contributed by atoms with van der Waals surface area (Å²) in [5.74, 6) is -0.111. The van der Waals surface area contributed by atoms with Gasteiger partial charge in [0.2, 0.25) is 0 Å². The summed E-state index contributed by atoms with van der Waals surface area (Å²) in [6.07, 6.45) is 4.67. The summed E-state index contributed by atoms with van der Waals surface area (Å²) < 4.78 is 1.74. The van der Waals surface area contributed by atoms with Crippen molar-refractivity contribution in [1.82, 2.24) is 19.7 Å². The number of aromatic nitrogens is 4. The topological polar surface area (TPSA) is 60.7 Å². The molecule has 0 aromatic carbocycles. The third-order valence-corrected chi connectivity index (χ3v) is 3.12. The summed E-state index contributed by atoms with van der Waals surface area (Å²) in [5, 5.41) is 4.82. The molecule has 2 heterocycles. The average molecular weight is 265 g/mol. The largest absolute Gasteiger partial charge is 0.292 e. The Morgan fingerprint density at radius 2 is 2.22 bits per heavy atom. The first-order chi connectivity index (χ1) is 8.63. The van der Waals surface area contributed by atoms with E-state index in [2.05, 4.69) is 15.1 Å². The van der Waals surface area contributed by atoms with Gasteiger partial charge in [-0.2, -0.15) is 5.10 Å². The molecule has 2 rings (SSSR count). The van der Waals surface area contributed by atoms with Crippen molar-refractivity contribution in [1.29, 1.82) is 0 Å². The van der Waals surface area contributed by atoms with Crippen molar-refractivity contribution >= 4 is 17.4 Å². The van der Waals surface area contributed by atoms with Crippen LogP contribution in [-0.2, 0) is 13.0 Å². The third kappa shape index (κ3) is 2.41. The smallest absolute Gasteiger partial charge is 0.188 e. The molecule has 94 valence electrons. The van der Waals surface area contributed by atoms with Gasteiger partial charge in [-0.15, -0.1) is 0 Å². The van der Waals surface area contributed by atoms with Crippen molar-refractivity contribution in [2.75, 3.05) is 0 Å². The van der Waals surface area contributed by atoms with Gasteiger partial charge >= 0.3 is 0 Å². The molecule has 18 heavy (non-hydrogen) atoms. The van der Waals surface area contributed by atoms with Crippen LogP contribution < -0.4 is 0 Å². The molecule has 0 spiro atoms. The van der Waals surface area contributed by atoms with E-state index in [0.717, 1.165) is 11.4 Å². The lowest BCUT2D eigenvalue weighted by Crippen LogP contribution is -2.11. The first-order valence-electron chi connectivity index (χ1n) is 5.64. The molecule has 0 fully saturated rings. The number of halogens is 1. The van der Waals surface area contributed by atoms with Crippen LogP contribution in [0.1, 0.15) is 28.8 Å². The van der Waals surface area contributed by atoms with Gasteiger partial charge in [-0.05, 0) is 13.8 Å². The van der Waals surface area contributed by atoms with Gasteiger partial charge < -0.3 is 0 Å². The minimum absolute atomic E-state index is 0.111. The first-order valence-corrected chi connectivity index (χ1v) is 6.02. The van der Waals surface area contributed by atoms with Crippen LogP contribution in [0.25, 0.3) is 0 Å². The van der Waals surface area contributed by atoms with Gasteiger partial charge in [-0.1, -0.05) is 11.6 Å². The number of nitrogens with zero attached hydrogens (tertiary/aromatic N) is 4. The molecule has 2 aromatic heterocycles. The molecule has 6 heteroatoms. The zero-order valence-electron chi connectivity index (χ0n) is 10.2. The lowest BCUT2D eigenvalue weighted by atomic mass is 10.1. The van der Waals surface area contributed by atoms with Crippen molar-refractivity contribution in [3.8, 4) is 0 Å². The molecule has 0 unspecified atom stereocenters. The van der Waals surface area contributed by atoms with Gasteiger partial charge in [0, 0.05) is 18.9 Å². The van der Waals surface area contributed by atoms with E-state index in [1.54, 1.807) is 4.68 Å². The minimum atomic E-state index is -0.111. The average Bonchev–Trinajstić information content (AvgIpc) is 2.67. The van der Waals surface area contributed by atoms with Crippen molar-refractivity contribution in [3.05, 3.63) is 40.7 Å². The molecule has 5 nitrogen and oxygen atoms in total. The van der Waals surface area contributed by atoms with Crippen LogP contribution in [0.3, 0.4) is 0 Å². The van der Waals surface area contributed by atoms with Crippen molar-refractivity contribution in [2.45, 2.75) is 26.8 Å². The Kier molecular flexibility index (Phi) is 3.72. The van der Waals surface area contributed by atoms with Crippen LogP contribution in [0.5, 0.6) is 0 Å². The normalized spacial score (nSPS) is 10.6. The van der Waals surface area contributed by atoms with Gasteiger partial charge in [0.15, 0.2) is 5.78 Å². The van der Waals surface area contributed by atoms with E-state index in [0.29, 0.717) is 17.3 Å². The van der Waals surface area contributed by atoms with Crippen LogP contribution in [0.15, 0.2) is 18.6 Å². The maximum absolute atomic E-state index is 12.0. The summed E-state index contributed by atoms with van der Waals surface area (Å²) in [6.45, 7) is 4.46. The minimum Gasteiger partial charge on any atom is -0.292 e. The summed E-state index contributed by atoms with van der Waals surface area (Å²) in [6, 6.07) is 0. The Balaban J connectivity index is 2.27. The number of ketones is 1. The second-order valence-corrected chi connectivity index (χ2v) is 4.23. The standard InChI is InChI=1S/C12H13ClN4O/c1-3-17-10(12(13)8(2)16-17)6-11(18)9-7-14-4-5-15-9/h4-5,7H,3,6H2,1-2H3. The number of rotatable bonds is 4. The molecule has 0 atom stereocenters. The van der Waals surface area contributed by atoms with Crippen LogP contribution in [0, 0.1) is 6.92 Å². The van der Waals surface area contributed by atoms with Crippen LogP contribution in [0.4, 0.5) is 0 Å². The number of aryl methyl sites for hydroxylation is 2. The molecule has 0 aliphatic carbocycles. The van der Waals surface area contributed by atoms with E-state index in [1.165, 1.54) is 18.6 Å². The predicted molar refractivity (Wildman–Crippen MR) is 67.7 cm³/mol. The third-order valence-electron chi connectivity index (χ3n) is 2.63. The highest BCUT2D eigenvalue weighted by Gasteiger charge is 2.17. The van der Waals surface area contributed by atoms with Gasteiger partial charge in [-0.3, -0.25) is 14.5 Å². The summed E-state index contributed by atoms with van der Waals surface area (Å²) in [5.41, 5.74) is 1.81. The molecule has 2 aromatic rings. The highest BCUT2D eigenvalue weighted by Crippen LogP contribution is 2.21. The molecule has 0 N–H and O–H groups in total. The van der Waals surface area contributed by atoms with Crippen molar-refractivity contribution in [3.63, 3.8) is 0 Å². The number of Topliss-reactive ketones (excluding diaryl/α,β-unsaturated/α-hetero) is 1. The fourth-order valence-electron chi connectivity index (χ4n) is 1.72. The Morgan fingerprint density at radius 3 is 2.83 bits per heavy atom. The molecule has 0 bridgehead atoms. The van der Waals surface area contributed by atoms with Gasteiger partial charge in [0.1, 0.15) is 5.69 Å². The highest BCUT2D eigenvalue weighted by molar-refractivity contribution is 6.32. The van der Waals surface area contributed by atoms with E-state index < -0.39 is 0 Å². The van der Waals surface area contributed by atoms with E-state index in [1.807, 2.05) is 13.8 Å². The van der Waals surface area contributed by atoms with Crippen LogP contribution >= 0.6 is 11.6 Å². The number of hydrogen-bond acceptors (Lipinski definition) is 4. The Morgan fingerprint density at radius 1 is 1.44 bits per heavy atom. The number of carbonyl (C=O) groups is 1. The van der Waals surface area contributed by atoms with Crippen molar-refractivity contribution in [2.24, 2.45) is 0 Å². The van der Waals surface area contributed by atoms with Crippen LogP contribution in [-0.4, -0.2) is 25.5 Å². The van der Waals surface area contributed by atoms with E-state index in [-0.39, 0.29) is 12.2 Å². The first kappa shape index (κ1) is 12.7. The summed E-state index contributed by atoms with van der Waals surface area (Å²) >= 11 is 6.15. The van der Waals surface area contributed by atoms with Gasteiger partial charge in [-0.25, -0.2) is 4.98 Å². The lowest BCUT2D eigenvalue weighted by molar-refractivity contribution is 0.0985. The maximum Gasteiger partial charge on any atom is 0.188 e. The second kappa shape index (κ2) is 5.27. The molecular weight excluding hydrogens is 252 g/mol. The molecule has 0 saturated heterocycles. The molecule has 0 radical (unpaired) electrons. The predicted octanol–water partition coefficient (Wildman–Crippen LogP) is 2.08. The Labute approximate surface area is 110 Å².